The molecule has 0 amide bonds. The highest BCUT2D eigenvalue weighted by atomic mass is 35.5. The van der Waals surface area contributed by atoms with Crippen LogP contribution in [0.2, 0.25) is 5.02 Å². The lowest BCUT2D eigenvalue weighted by Gasteiger charge is -2.17. The number of alkyl halides is 3. The summed E-state index contributed by atoms with van der Waals surface area (Å²) in [5.41, 5.74) is 5.02. The molecule has 0 radical (unpaired) electrons. The molecule has 7 heteroatoms. The quantitative estimate of drug-likeness (QED) is 0.854. The summed E-state index contributed by atoms with van der Waals surface area (Å²) in [6.07, 6.45) is -1.69. The Morgan fingerprint density at radius 3 is 2.57 bits per heavy atom. The van der Waals surface area contributed by atoms with Crippen molar-refractivity contribution in [2.45, 2.75) is 12.7 Å². The zero-order valence-electron chi connectivity index (χ0n) is 7.13. The molecule has 80 valence electrons. The van der Waals surface area contributed by atoms with Crippen molar-refractivity contribution in [2.75, 3.05) is 6.54 Å². The fraction of sp³-hybridized carbons (Fsp3) is 0.571. The molecule has 0 bridgehead atoms. The summed E-state index contributed by atoms with van der Waals surface area (Å²) >= 11 is 5.51. The van der Waals surface area contributed by atoms with Gasteiger partial charge in [0.05, 0.1) is 23.7 Å². The zero-order chi connectivity index (χ0) is 10.8. The topological polar surface area (TPSA) is 43.8 Å². The molecule has 3 nitrogen and oxygen atoms in total. The summed E-state index contributed by atoms with van der Waals surface area (Å²) in [7, 11) is 0. The van der Waals surface area contributed by atoms with Gasteiger partial charge in [0.25, 0.3) is 0 Å². The van der Waals surface area contributed by atoms with Crippen molar-refractivity contribution < 1.29 is 13.2 Å². The maximum atomic E-state index is 12.3. The molecule has 0 spiro atoms. The number of rotatable bonds is 3. The first-order chi connectivity index (χ1) is 6.43. The van der Waals surface area contributed by atoms with Crippen molar-refractivity contribution in [3.63, 3.8) is 0 Å². The molecule has 1 unspecified atom stereocenters. The maximum Gasteiger partial charge on any atom is 0.394 e. The first kappa shape index (κ1) is 11.3. The Labute approximate surface area is 83.6 Å². The van der Waals surface area contributed by atoms with Gasteiger partial charge < -0.3 is 5.73 Å². The van der Waals surface area contributed by atoms with E-state index < -0.39 is 18.6 Å². The molecule has 1 rings (SSSR count). The number of nitrogens with zero attached hydrogens (tertiary/aromatic N) is 2. The lowest BCUT2D eigenvalue weighted by molar-refractivity contribution is -0.175. The fourth-order valence-corrected chi connectivity index (χ4v) is 1.13. The maximum absolute atomic E-state index is 12.3. The summed E-state index contributed by atoms with van der Waals surface area (Å²) in [6, 6.07) is 0. The number of nitrogens with two attached hydrogens (primary N) is 1. The summed E-state index contributed by atoms with van der Waals surface area (Å²) in [5, 5.41) is 3.95. The molecule has 2 N–H and O–H groups in total. The first-order valence-corrected chi connectivity index (χ1v) is 4.26. The second kappa shape index (κ2) is 4.18. The van der Waals surface area contributed by atoms with E-state index in [1.54, 1.807) is 0 Å². The average Bonchev–Trinajstić information content (AvgIpc) is 2.45. The minimum atomic E-state index is -4.30. The van der Waals surface area contributed by atoms with Crippen LogP contribution in [0.1, 0.15) is 0 Å². The van der Waals surface area contributed by atoms with E-state index in [0.717, 1.165) is 4.68 Å². The highest BCUT2D eigenvalue weighted by Gasteiger charge is 2.38. The largest absolute Gasteiger partial charge is 0.394 e. The van der Waals surface area contributed by atoms with Crippen LogP contribution in [0.5, 0.6) is 0 Å². The van der Waals surface area contributed by atoms with Crippen LogP contribution in [-0.2, 0) is 6.54 Å². The molecular weight excluding hydrogens is 219 g/mol. The molecule has 1 heterocycles. The Hall–Kier alpha value is -0.750. The summed E-state index contributed by atoms with van der Waals surface area (Å²) in [6.45, 7) is -0.756. The van der Waals surface area contributed by atoms with Gasteiger partial charge in [-0.15, -0.1) is 0 Å². The molecule has 0 aliphatic rings. The average molecular weight is 228 g/mol. The van der Waals surface area contributed by atoms with Crippen molar-refractivity contribution >= 4 is 11.6 Å². The molecule has 1 atom stereocenters. The number of aromatic nitrogens is 2. The molecule has 1 aromatic rings. The lowest BCUT2D eigenvalue weighted by atomic mass is 10.1. The smallest absolute Gasteiger partial charge is 0.330 e. The van der Waals surface area contributed by atoms with Crippen molar-refractivity contribution in [1.29, 1.82) is 0 Å². The van der Waals surface area contributed by atoms with Crippen LogP contribution in [0.25, 0.3) is 0 Å². The van der Waals surface area contributed by atoms with Crippen LogP contribution in [0.3, 0.4) is 0 Å². The third-order valence-corrected chi connectivity index (χ3v) is 1.95. The van der Waals surface area contributed by atoms with E-state index in [9.17, 15) is 13.2 Å². The minimum Gasteiger partial charge on any atom is -0.330 e. The molecule has 14 heavy (non-hydrogen) atoms. The molecule has 0 aromatic carbocycles. The third-order valence-electron chi connectivity index (χ3n) is 1.76. The highest BCUT2D eigenvalue weighted by molar-refractivity contribution is 6.30. The van der Waals surface area contributed by atoms with Crippen molar-refractivity contribution in [3.05, 3.63) is 17.4 Å². The first-order valence-electron chi connectivity index (χ1n) is 3.88. The van der Waals surface area contributed by atoms with E-state index in [1.165, 1.54) is 12.4 Å². The van der Waals surface area contributed by atoms with Crippen LogP contribution in [-0.4, -0.2) is 22.5 Å². The van der Waals surface area contributed by atoms with Crippen LogP contribution in [0, 0.1) is 5.92 Å². The predicted molar refractivity (Wildman–Crippen MR) is 45.8 cm³/mol. The standard InChI is InChI=1S/C7H9ClF3N3/c8-6-2-13-14(4-6)3-5(1-12)7(9,10)11/h2,4-5H,1,3,12H2. The molecule has 0 aliphatic carbocycles. The van der Waals surface area contributed by atoms with Gasteiger partial charge >= 0.3 is 6.18 Å². The van der Waals surface area contributed by atoms with Gasteiger partial charge in [0.1, 0.15) is 0 Å². The van der Waals surface area contributed by atoms with Gasteiger partial charge in [0, 0.05) is 12.7 Å². The number of halogens is 4. The second-order valence-corrected chi connectivity index (χ2v) is 3.29. The lowest BCUT2D eigenvalue weighted by Crippen LogP contribution is -2.33. The summed E-state index contributed by atoms with van der Waals surface area (Å²) < 4.78 is 37.9. The Balaban J connectivity index is 2.66. The molecule has 0 saturated heterocycles. The predicted octanol–water partition coefficient (Wildman–Crippen LogP) is 1.67. The highest BCUT2D eigenvalue weighted by Crippen LogP contribution is 2.26. The van der Waals surface area contributed by atoms with Crippen molar-refractivity contribution in [3.8, 4) is 0 Å². The molecule has 1 aromatic heterocycles. The van der Waals surface area contributed by atoms with Gasteiger partial charge in [-0.3, -0.25) is 4.68 Å². The fourth-order valence-electron chi connectivity index (χ4n) is 0.976. The summed E-state index contributed by atoms with van der Waals surface area (Å²) in [4.78, 5) is 0. The Morgan fingerprint density at radius 2 is 2.21 bits per heavy atom. The third kappa shape index (κ3) is 2.88. The monoisotopic (exact) mass is 227 g/mol. The van der Waals surface area contributed by atoms with Crippen LogP contribution in [0.4, 0.5) is 13.2 Å². The van der Waals surface area contributed by atoms with Crippen LogP contribution >= 0.6 is 11.6 Å². The Bertz CT molecular complexity index is 297. The van der Waals surface area contributed by atoms with Gasteiger partial charge in [0.15, 0.2) is 0 Å². The van der Waals surface area contributed by atoms with Crippen molar-refractivity contribution in [2.24, 2.45) is 11.7 Å². The molecule has 0 aliphatic heterocycles. The molecule has 0 saturated carbocycles. The number of hydrogen-bond acceptors (Lipinski definition) is 2. The van der Waals surface area contributed by atoms with E-state index >= 15 is 0 Å². The van der Waals surface area contributed by atoms with Gasteiger partial charge in [0.2, 0.25) is 0 Å². The molecular formula is C7H9ClF3N3. The minimum absolute atomic E-state index is 0.299. The van der Waals surface area contributed by atoms with Gasteiger partial charge in [-0.2, -0.15) is 18.3 Å². The van der Waals surface area contributed by atoms with E-state index in [1.807, 2.05) is 0 Å². The Kier molecular flexibility index (Phi) is 3.38. The van der Waals surface area contributed by atoms with E-state index in [-0.39, 0.29) is 6.54 Å². The van der Waals surface area contributed by atoms with E-state index in [0.29, 0.717) is 5.02 Å². The summed E-state index contributed by atoms with van der Waals surface area (Å²) in [5.74, 6) is -1.58. The van der Waals surface area contributed by atoms with Gasteiger partial charge in [-0.1, -0.05) is 11.6 Å². The van der Waals surface area contributed by atoms with Crippen LogP contribution in [0.15, 0.2) is 12.4 Å². The molecule has 0 fully saturated rings. The normalized spacial score (nSPS) is 14.4. The Morgan fingerprint density at radius 1 is 1.57 bits per heavy atom. The SMILES string of the molecule is NCC(Cn1cc(Cl)cn1)C(F)(F)F. The van der Waals surface area contributed by atoms with E-state index in [2.05, 4.69) is 5.10 Å². The zero-order valence-corrected chi connectivity index (χ0v) is 7.89. The van der Waals surface area contributed by atoms with Crippen LogP contribution < -0.4 is 5.73 Å². The number of hydrogen-bond donors (Lipinski definition) is 1. The van der Waals surface area contributed by atoms with Gasteiger partial charge in [-0.25, -0.2) is 0 Å². The van der Waals surface area contributed by atoms with E-state index in [4.69, 9.17) is 17.3 Å². The van der Waals surface area contributed by atoms with Gasteiger partial charge in [-0.05, 0) is 0 Å². The second-order valence-electron chi connectivity index (χ2n) is 2.85. The van der Waals surface area contributed by atoms with Crippen molar-refractivity contribution in [1.82, 2.24) is 9.78 Å².